The van der Waals surface area contributed by atoms with E-state index in [1.165, 1.54) is 16.7 Å². The van der Waals surface area contributed by atoms with Gasteiger partial charge in [-0.2, -0.15) is 0 Å². The summed E-state index contributed by atoms with van der Waals surface area (Å²) < 4.78 is 0. The fourth-order valence-electron chi connectivity index (χ4n) is 2.53. The van der Waals surface area contributed by atoms with Gasteiger partial charge in [0.1, 0.15) is 13.1 Å². The minimum absolute atomic E-state index is 0.0893. The average Bonchev–Trinajstić information content (AvgIpc) is 2.64. The van der Waals surface area contributed by atoms with E-state index in [1.807, 2.05) is 61.5 Å². The predicted molar refractivity (Wildman–Crippen MR) is 101 cm³/mol. The highest BCUT2D eigenvalue weighted by molar-refractivity contribution is 8.00. The van der Waals surface area contributed by atoms with E-state index in [0.717, 1.165) is 15.5 Å². The molecule has 1 N–H and O–H groups in total. The molecule has 0 unspecified atom stereocenters. The van der Waals surface area contributed by atoms with E-state index in [-0.39, 0.29) is 36.6 Å². The van der Waals surface area contributed by atoms with Crippen LogP contribution in [0, 0.1) is 6.92 Å². The van der Waals surface area contributed by atoms with Crippen LogP contribution in [0.1, 0.15) is 5.56 Å². The summed E-state index contributed by atoms with van der Waals surface area (Å²) in [6.45, 7) is 1.69. The Morgan fingerprint density at radius 3 is 2.38 bits per heavy atom. The summed E-state index contributed by atoms with van der Waals surface area (Å²) in [6, 6.07) is 16.9. The van der Waals surface area contributed by atoms with Crippen molar-refractivity contribution in [2.45, 2.75) is 11.8 Å². The molecule has 1 fully saturated rings. The van der Waals surface area contributed by atoms with E-state index < -0.39 is 0 Å². The lowest BCUT2D eigenvalue weighted by Gasteiger charge is -2.33. The number of carbonyl (C=O) groups is 3. The minimum atomic E-state index is -0.316. The molecule has 6 nitrogen and oxygen atoms in total. The summed E-state index contributed by atoms with van der Waals surface area (Å²) in [5.74, 6) is -0.694. The smallest absolute Gasteiger partial charge is 0.261 e. The number of hydrogen-bond acceptors (Lipinski definition) is 4. The molecule has 0 bridgehead atoms. The number of anilines is 1. The summed E-state index contributed by atoms with van der Waals surface area (Å²) in [6.07, 6.45) is 0. The zero-order valence-corrected chi connectivity index (χ0v) is 15.2. The third-order valence-corrected chi connectivity index (χ3v) is 4.92. The largest absolute Gasteiger partial charge is 0.301 e. The number of rotatable bonds is 5. The van der Waals surface area contributed by atoms with Gasteiger partial charge in [-0.3, -0.25) is 19.8 Å². The lowest BCUT2D eigenvalue weighted by Crippen LogP contribution is -2.59. The van der Waals surface area contributed by atoms with Crippen molar-refractivity contribution in [3.8, 4) is 0 Å². The molecule has 3 rings (SSSR count). The molecule has 0 atom stereocenters. The van der Waals surface area contributed by atoms with Gasteiger partial charge in [0, 0.05) is 10.6 Å². The van der Waals surface area contributed by atoms with Crippen LogP contribution in [0.25, 0.3) is 0 Å². The molecule has 1 aliphatic rings. The maximum absolute atomic E-state index is 12.4. The Hall–Kier alpha value is -2.80. The molecule has 2 aromatic rings. The Morgan fingerprint density at radius 2 is 1.69 bits per heavy atom. The SMILES string of the molecule is Cc1ccc(N2CC(=O)N(NC(=O)CSc3ccccc3)CC2=O)cc1. The molecule has 1 aliphatic heterocycles. The van der Waals surface area contributed by atoms with Gasteiger partial charge < -0.3 is 4.90 Å². The van der Waals surface area contributed by atoms with Crippen molar-refractivity contribution in [3.05, 3.63) is 60.2 Å². The van der Waals surface area contributed by atoms with E-state index in [1.54, 1.807) is 0 Å². The van der Waals surface area contributed by atoms with Gasteiger partial charge in [0.25, 0.3) is 5.91 Å². The Bertz CT molecular complexity index is 809. The van der Waals surface area contributed by atoms with Crippen LogP contribution in [0.2, 0.25) is 0 Å². The van der Waals surface area contributed by atoms with Crippen molar-refractivity contribution in [1.82, 2.24) is 10.4 Å². The first-order valence-corrected chi connectivity index (χ1v) is 9.16. The Kier molecular flexibility index (Phi) is 5.58. The minimum Gasteiger partial charge on any atom is -0.301 e. The Balaban J connectivity index is 1.55. The molecule has 3 amide bonds. The number of carbonyl (C=O) groups excluding carboxylic acids is 3. The van der Waals surface area contributed by atoms with Crippen LogP contribution in [0.3, 0.4) is 0 Å². The van der Waals surface area contributed by atoms with Crippen LogP contribution in [0.15, 0.2) is 59.5 Å². The topological polar surface area (TPSA) is 69.7 Å². The second-order valence-electron chi connectivity index (χ2n) is 5.93. The fourth-order valence-corrected chi connectivity index (χ4v) is 3.24. The predicted octanol–water partition coefficient (Wildman–Crippen LogP) is 1.99. The number of aryl methyl sites for hydroxylation is 1. The fraction of sp³-hybridized carbons (Fsp3) is 0.211. The lowest BCUT2D eigenvalue weighted by atomic mass is 10.2. The van der Waals surface area contributed by atoms with Gasteiger partial charge in [0.15, 0.2) is 0 Å². The number of benzene rings is 2. The molecule has 0 saturated carbocycles. The molecular weight excluding hydrogens is 350 g/mol. The molecule has 0 aromatic heterocycles. The highest BCUT2D eigenvalue weighted by Crippen LogP contribution is 2.19. The zero-order chi connectivity index (χ0) is 18.5. The molecule has 26 heavy (non-hydrogen) atoms. The van der Waals surface area contributed by atoms with Gasteiger partial charge in [-0.15, -0.1) is 11.8 Å². The quantitative estimate of drug-likeness (QED) is 0.819. The molecular formula is C19H19N3O3S. The number of hydrogen-bond donors (Lipinski definition) is 1. The third kappa shape index (κ3) is 4.43. The third-order valence-electron chi connectivity index (χ3n) is 3.91. The van der Waals surface area contributed by atoms with Gasteiger partial charge in [-0.25, -0.2) is 5.01 Å². The number of nitrogens with zero attached hydrogens (tertiary/aromatic N) is 2. The van der Waals surface area contributed by atoms with Crippen molar-refractivity contribution in [2.24, 2.45) is 0 Å². The van der Waals surface area contributed by atoms with Gasteiger partial charge >= 0.3 is 0 Å². The number of hydrazine groups is 1. The molecule has 1 heterocycles. The molecule has 0 spiro atoms. The first-order chi connectivity index (χ1) is 12.5. The number of nitrogens with one attached hydrogen (secondary N) is 1. The van der Waals surface area contributed by atoms with Crippen molar-refractivity contribution in [3.63, 3.8) is 0 Å². The summed E-state index contributed by atoms with van der Waals surface area (Å²) in [5, 5.41) is 1.10. The normalized spacial score (nSPS) is 14.5. The van der Waals surface area contributed by atoms with E-state index in [0.29, 0.717) is 5.69 Å². The van der Waals surface area contributed by atoms with E-state index in [4.69, 9.17) is 0 Å². The average molecular weight is 369 g/mol. The number of thioether (sulfide) groups is 1. The van der Waals surface area contributed by atoms with Crippen LogP contribution < -0.4 is 10.3 Å². The number of piperazine rings is 1. The van der Waals surface area contributed by atoms with Crippen molar-refractivity contribution in [2.75, 3.05) is 23.7 Å². The first-order valence-electron chi connectivity index (χ1n) is 8.17. The van der Waals surface area contributed by atoms with Crippen LogP contribution in [-0.4, -0.2) is 41.6 Å². The molecule has 7 heteroatoms. The zero-order valence-electron chi connectivity index (χ0n) is 14.3. The molecule has 1 saturated heterocycles. The lowest BCUT2D eigenvalue weighted by molar-refractivity contribution is -0.145. The van der Waals surface area contributed by atoms with Gasteiger partial charge in [0.05, 0.1) is 5.75 Å². The monoisotopic (exact) mass is 369 g/mol. The molecule has 0 aliphatic carbocycles. The highest BCUT2D eigenvalue weighted by atomic mass is 32.2. The van der Waals surface area contributed by atoms with Crippen LogP contribution in [-0.2, 0) is 14.4 Å². The van der Waals surface area contributed by atoms with Crippen molar-refractivity contribution in [1.29, 1.82) is 0 Å². The second kappa shape index (κ2) is 8.05. The Morgan fingerprint density at radius 1 is 1.00 bits per heavy atom. The van der Waals surface area contributed by atoms with Crippen molar-refractivity contribution < 1.29 is 14.4 Å². The van der Waals surface area contributed by atoms with Crippen molar-refractivity contribution >= 4 is 35.2 Å². The summed E-state index contributed by atoms with van der Waals surface area (Å²) >= 11 is 1.37. The molecule has 134 valence electrons. The second-order valence-corrected chi connectivity index (χ2v) is 6.98. The van der Waals surface area contributed by atoms with Crippen LogP contribution in [0.5, 0.6) is 0 Å². The summed E-state index contributed by atoms with van der Waals surface area (Å²) in [7, 11) is 0. The summed E-state index contributed by atoms with van der Waals surface area (Å²) in [4.78, 5) is 39.2. The maximum atomic E-state index is 12.4. The van der Waals surface area contributed by atoms with E-state index >= 15 is 0 Å². The van der Waals surface area contributed by atoms with E-state index in [9.17, 15) is 14.4 Å². The van der Waals surface area contributed by atoms with Gasteiger partial charge in [0.2, 0.25) is 11.8 Å². The van der Waals surface area contributed by atoms with E-state index in [2.05, 4.69) is 5.43 Å². The highest BCUT2D eigenvalue weighted by Gasteiger charge is 2.31. The molecule has 2 aromatic carbocycles. The summed E-state index contributed by atoms with van der Waals surface area (Å²) in [5.41, 5.74) is 4.29. The first kappa shape index (κ1) is 18.0. The number of amides is 3. The Labute approximate surface area is 156 Å². The standard InChI is InChI=1S/C19H19N3O3S/c1-14-7-9-15(10-8-14)21-11-19(25)22(12-18(21)24)20-17(23)13-26-16-5-3-2-4-6-16/h2-10H,11-13H2,1H3,(H,20,23). The van der Waals surface area contributed by atoms with Crippen LogP contribution >= 0.6 is 11.8 Å². The van der Waals surface area contributed by atoms with Crippen LogP contribution in [0.4, 0.5) is 5.69 Å². The molecule has 0 radical (unpaired) electrons. The maximum Gasteiger partial charge on any atom is 0.261 e. The van der Waals surface area contributed by atoms with Gasteiger partial charge in [-0.1, -0.05) is 35.9 Å². The van der Waals surface area contributed by atoms with Gasteiger partial charge in [-0.05, 0) is 31.2 Å².